The minimum absolute atomic E-state index is 0. The molecule has 0 aliphatic carbocycles. The van der Waals surface area contributed by atoms with Gasteiger partial charge < -0.3 is 11.5 Å². The number of nitrogen functional groups attached to an aromatic ring is 2. The molecule has 0 aromatic carbocycles. The maximum Gasteiger partial charge on any atom is 0.158 e. The van der Waals surface area contributed by atoms with Crippen LogP contribution in [0.4, 0.5) is 11.6 Å². The molecule has 4 N–H and O–H groups in total. The van der Waals surface area contributed by atoms with Crippen LogP contribution >= 0.6 is 47.8 Å². The summed E-state index contributed by atoms with van der Waals surface area (Å²) in [6.07, 6.45) is 5.12. The summed E-state index contributed by atoms with van der Waals surface area (Å²) in [5, 5.41) is 0. The summed E-state index contributed by atoms with van der Waals surface area (Å²) in [5.41, 5.74) is 19.3. The van der Waals surface area contributed by atoms with Crippen LogP contribution in [0.15, 0.2) is 13.8 Å². The highest BCUT2D eigenvalue weighted by atomic mass is 79.9. The molecule has 0 amide bonds. The van der Waals surface area contributed by atoms with Crippen molar-refractivity contribution in [3.63, 3.8) is 0 Å². The molecule has 0 spiro atoms. The van der Waals surface area contributed by atoms with E-state index in [1.807, 2.05) is 13.8 Å². The number of nitrogens with two attached hydrogens (primary N) is 2. The number of halogens is 3. The van der Waals surface area contributed by atoms with E-state index < -0.39 is 16.1 Å². The minimum Gasteiger partial charge on any atom is -0.381 e. The normalized spacial score (nSPS) is 10.1. The molecule has 0 fully saturated rings. The van der Waals surface area contributed by atoms with Crippen LogP contribution in [0.3, 0.4) is 0 Å². The van der Waals surface area contributed by atoms with Crippen molar-refractivity contribution >= 4 is 75.6 Å². The second-order valence-corrected chi connectivity index (χ2v) is 20.3. The first-order valence-electron chi connectivity index (χ1n) is 9.22. The molecule has 176 valence electrons. The Morgan fingerprint density at radius 1 is 0.719 bits per heavy atom. The van der Waals surface area contributed by atoms with Gasteiger partial charge >= 0.3 is 0 Å². The number of hydrogen-bond acceptors (Lipinski definition) is 6. The second kappa shape index (κ2) is 14.1. The van der Waals surface area contributed by atoms with Gasteiger partial charge in [-0.15, -0.1) is 17.5 Å². The Morgan fingerprint density at radius 2 is 1.12 bits per heavy atom. The highest BCUT2D eigenvalue weighted by Gasteiger charge is 2.09. The van der Waals surface area contributed by atoms with Gasteiger partial charge in [0.05, 0.1) is 11.4 Å². The van der Waals surface area contributed by atoms with E-state index in [4.69, 9.17) is 17.9 Å². The zero-order chi connectivity index (χ0) is 24.6. The predicted molar refractivity (Wildman–Crippen MR) is 155 cm³/mol. The zero-order valence-corrected chi connectivity index (χ0v) is 25.9. The summed E-state index contributed by atoms with van der Waals surface area (Å²) >= 11 is 9.69. The molecule has 0 radical (unpaired) electrons. The van der Waals surface area contributed by atoms with E-state index in [-0.39, 0.29) is 7.43 Å². The van der Waals surface area contributed by atoms with E-state index in [1.165, 1.54) is 0 Å². The van der Waals surface area contributed by atoms with Crippen molar-refractivity contribution in [3.05, 3.63) is 30.9 Å². The number of aryl methyl sites for hydroxylation is 2. The molecule has 0 aliphatic heterocycles. The standard InChI is InChI=1S/C10H14BrN3Si.C5H5Br2N3.C5H10Si.CH4/c1-7-9(11)14-8(10(12)13-7)5-6-15(2,3)4;1-2-3(6)10-4(7)5(8)9-2;1-5-6(2,3)4;/h1-4H3,(H2,12,13);1H3,(H2,8,9);1H,2-4H3;1H4. The van der Waals surface area contributed by atoms with E-state index in [0.29, 0.717) is 31.1 Å². The maximum atomic E-state index is 5.74. The van der Waals surface area contributed by atoms with Crippen LogP contribution in [0, 0.1) is 37.3 Å². The van der Waals surface area contributed by atoms with Crippen molar-refractivity contribution in [3.8, 4) is 23.4 Å². The van der Waals surface area contributed by atoms with Gasteiger partial charge in [0, 0.05) is 0 Å². The summed E-state index contributed by atoms with van der Waals surface area (Å²) in [6, 6.07) is 0. The fourth-order valence-corrected chi connectivity index (χ4v) is 2.88. The fraction of sp³-hybridized carbons (Fsp3) is 0.429. The molecule has 6 nitrogen and oxygen atoms in total. The molecule has 0 saturated carbocycles. The molecule has 11 heteroatoms. The van der Waals surface area contributed by atoms with Crippen molar-refractivity contribution < 1.29 is 0 Å². The lowest BCUT2D eigenvalue weighted by Gasteiger charge is -2.04. The molecule has 2 heterocycles. The third-order valence-electron chi connectivity index (χ3n) is 3.02. The Hall–Kier alpha value is -1.25. The molecular weight excluding hydrogens is 632 g/mol. The third kappa shape index (κ3) is 14.0. The average Bonchev–Trinajstić information content (AvgIpc) is 2.62. The molecule has 0 atom stereocenters. The summed E-state index contributed by atoms with van der Waals surface area (Å²) in [5.74, 6) is 3.83. The van der Waals surface area contributed by atoms with E-state index in [9.17, 15) is 0 Å². The van der Waals surface area contributed by atoms with Crippen LogP contribution in [0.25, 0.3) is 0 Å². The first kappa shape index (κ1) is 32.9. The van der Waals surface area contributed by atoms with Crippen molar-refractivity contribution in [2.24, 2.45) is 0 Å². The molecule has 0 unspecified atom stereocenters. The Morgan fingerprint density at radius 3 is 1.50 bits per heavy atom. The number of anilines is 2. The van der Waals surface area contributed by atoms with E-state index in [1.54, 1.807) is 0 Å². The highest BCUT2D eigenvalue weighted by molar-refractivity contribution is 9.11. The maximum absolute atomic E-state index is 5.74. The summed E-state index contributed by atoms with van der Waals surface area (Å²) in [4.78, 5) is 16.4. The van der Waals surface area contributed by atoms with Gasteiger partial charge in [0.25, 0.3) is 0 Å². The van der Waals surface area contributed by atoms with Crippen LogP contribution < -0.4 is 11.5 Å². The molecule has 2 aromatic heterocycles. The highest BCUT2D eigenvalue weighted by Crippen LogP contribution is 2.19. The molecule has 32 heavy (non-hydrogen) atoms. The van der Waals surface area contributed by atoms with Crippen molar-refractivity contribution in [1.29, 1.82) is 0 Å². The van der Waals surface area contributed by atoms with Gasteiger partial charge in [-0.25, -0.2) is 19.9 Å². The Balaban J connectivity index is 0. The van der Waals surface area contributed by atoms with Crippen LogP contribution in [-0.4, -0.2) is 36.1 Å². The fourth-order valence-electron chi connectivity index (χ4n) is 1.35. The van der Waals surface area contributed by atoms with Gasteiger partial charge in [0.1, 0.15) is 30.0 Å². The molecule has 2 aromatic rings. The molecular formula is C21H33Br3N6Si2. The van der Waals surface area contributed by atoms with E-state index in [2.05, 4.69) is 124 Å². The van der Waals surface area contributed by atoms with Crippen LogP contribution in [0.1, 0.15) is 24.5 Å². The van der Waals surface area contributed by atoms with Gasteiger partial charge in [0.2, 0.25) is 0 Å². The van der Waals surface area contributed by atoms with Gasteiger partial charge in [-0.2, -0.15) is 0 Å². The quantitative estimate of drug-likeness (QED) is 0.250. The molecule has 2 rings (SSSR count). The van der Waals surface area contributed by atoms with Crippen molar-refractivity contribution in [1.82, 2.24) is 19.9 Å². The second-order valence-electron chi connectivity index (χ2n) is 8.50. The Labute approximate surface area is 220 Å². The monoisotopic (exact) mass is 662 g/mol. The number of aromatic nitrogens is 4. The summed E-state index contributed by atoms with van der Waals surface area (Å²) < 4.78 is 2.00. The van der Waals surface area contributed by atoms with E-state index >= 15 is 0 Å². The van der Waals surface area contributed by atoms with Gasteiger partial charge in [-0.1, -0.05) is 52.6 Å². The van der Waals surface area contributed by atoms with Crippen LogP contribution in [0.5, 0.6) is 0 Å². The third-order valence-corrected chi connectivity index (χ3v) is 6.85. The zero-order valence-electron chi connectivity index (χ0n) is 19.2. The molecule has 0 saturated heterocycles. The Kier molecular flexibility index (Phi) is 14.5. The lowest BCUT2D eigenvalue weighted by molar-refractivity contribution is 1.07. The van der Waals surface area contributed by atoms with E-state index in [0.717, 1.165) is 11.4 Å². The van der Waals surface area contributed by atoms with Crippen LogP contribution in [0.2, 0.25) is 39.3 Å². The number of hydrogen-bond donors (Lipinski definition) is 2. The predicted octanol–water partition coefficient (Wildman–Crippen LogP) is 6.38. The largest absolute Gasteiger partial charge is 0.381 e. The van der Waals surface area contributed by atoms with Gasteiger partial charge in [0.15, 0.2) is 17.3 Å². The molecule has 0 bridgehead atoms. The topological polar surface area (TPSA) is 104 Å². The first-order chi connectivity index (χ1) is 14.0. The summed E-state index contributed by atoms with van der Waals surface area (Å²) in [7, 11) is -2.50. The number of terminal acetylenes is 1. The SMILES string of the molecule is C.C#C[Si](C)(C)C.Cc1nc(N)c(Br)nc1Br.Cc1nc(N)c(C#C[Si](C)(C)C)nc1Br. The molecule has 0 aliphatic rings. The van der Waals surface area contributed by atoms with Gasteiger partial charge in [-0.3, -0.25) is 0 Å². The number of nitrogens with zero attached hydrogens (tertiary/aromatic N) is 4. The summed E-state index contributed by atoms with van der Waals surface area (Å²) in [6.45, 7) is 16.6. The lowest BCUT2D eigenvalue weighted by Crippen LogP contribution is -2.16. The van der Waals surface area contributed by atoms with Crippen LogP contribution in [-0.2, 0) is 0 Å². The number of rotatable bonds is 0. The lowest BCUT2D eigenvalue weighted by atomic mass is 10.4. The first-order valence-corrected chi connectivity index (χ1v) is 18.6. The average molecular weight is 665 g/mol. The Bertz CT molecular complexity index is 964. The van der Waals surface area contributed by atoms with Crippen molar-refractivity contribution in [2.45, 2.75) is 60.6 Å². The van der Waals surface area contributed by atoms with Crippen molar-refractivity contribution in [2.75, 3.05) is 11.5 Å². The minimum atomic E-state index is -1.39. The van der Waals surface area contributed by atoms with Gasteiger partial charge in [-0.05, 0) is 61.6 Å². The smallest absolute Gasteiger partial charge is 0.158 e.